The van der Waals surface area contributed by atoms with Crippen molar-refractivity contribution in [2.45, 2.75) is 6.92 Å². The number of carbonyl (C=O) groups is 2. The second-order valence-electron chi connectivity index (χ2n) is 5.53. The van der Waals surface area contributed by atoms with Gasteiger partial charge in [0.15, 0.2) is 22.4 Å². The van der Waals surface area contributed by atoms with Gasteiger partial charge in [0, 0.05) is 17.3 Å². The van der Waals surface area contributed by atoms with Gasteiger partial charge in [0.1, 0.15) is 0 Å². The number of ether oxygens (including phenoxy) is 2. The molecule has 0 aliphatic carbocycles. The maximum absolute atomic E-state index is 12.0. The van der Waals surface area contributed by atoms with Crippen LogP contribution in [0, 0.1) is 0 Å². The van der Waals surface area contributed by atoms with Crippen molar-refractivity contribution in [1.82, 2.24) is 5.32 Å². The Hall–Kier alpha value is -3.19. The number of hydrogen-bond donors (Lipinski definition) is 2. The molecule has 0 spiro atoms. The number of rotatable bonds is 6. The lowest BCUT2D eigenvalue weighted by molar-refractivity contribution is -0.115. The van der Waals surface area contributed by atoms with Crippen molar-refractivity contribution < 1.29 is 19.1 Å². The van der Waals surface area contributed by atoms with Crippen molar-refractivity contribution in [2.24, 2.45) is 0 Å². The summed E-state index contributed by atoms with van der Waals surface area (Å²) in [6.45, 7) is 1.48. The summed E-state index contributed by atoms with van der Waals surface area (Å²) in [5.74, 6) is 0.747. The monoisotopic (exact) mass is 384 g/mol. The molecule has 0 saturated carbocycles. The van der Waals surface area contributed by atoms with Crippen LogP contribution in [0.4, 0.5) is 5.69 Å². The van der Waals surface area contributed by atoms with Crippen LogP contribution < -0.4 is 20.1 Å². The summed E-state index contributed by atoms with van der Waals surface area (Å²) in [6, 6.07) is 12.2. The fourth-order valence-electron chi connectivity index (χ4n) is 2.26. The van der Waals surface area contributed by atoms with Crippen molar-refractivity contribution in [3.8, 4) is 11.5 Å². The van der Waals surface area contributed by atoms with Crippen LogP contribution in [0.1, 0.15) is 22.8 Å². The minimum absolute atomic E-state index is 0.0496. The molecule has 0 saturated heterocycles. The van der Waals surface area contributed by atoms with Gasteiger partial charge in [-0.1, -0.05) is 18.2 Å². The Kier molecular flexibility index (Phi) is 7.08. The fraction of sp³-hybridized carbons (Fsp3) is 0.150. The average molecular weight is 384 g/mol. The number of carbonyl (C=O) groups excluding carboxylic acids is 2. The fourth-order valence-corrected chi connectivity index (χ4v) is 2.48. The molecule has 2 aromatic rings. The smallest absolute Gasteiger partial charge is 0.250 e. The van der Waals surface area contributed by atoms with Crippen LogP contribution >= 0.6 is 12.2 Å². The number of Topliss-reactive ketones (excluding diaryl/α,β-unsaturated/α-hetero) is 1. The first kappa shape index (κ1) is 20.1. The van der Waals surface area contributed by atoms with Gasteiger partial charge in [-0.25, -0.2) is 0 Å². The molecule has 7 heteroatoms. The lowest BCUT2D eigenvalue weighted by atomic mass is 10.1. The minimum atomic E-state index is -0.384. The second kappa shape index (κ2) is 9.49. The van der Waals surface area contributed by atoms with Crippen LogP contribution in [0.2, 0.25) is 0 Å². The summed E-state index contributed by atoms with van der Waals surface area (Å²) >= 11 is 5.13. The zero-order valence-corrected chi connectivity index (χ0v) is 16.1. The van der Waals surface area contributed by atoms with E-state index in [1.54, 1.807) is 62.8 Å². The van der Waals surface area contributed by atoms with E-state index in [4.69, 9.17) is 21.7 Å². The molecule has 27 heavy (non-hydrogen) atoms. The molecule has 0 aliphatic heterocycles. The topological polar surface area (TPSA) is 76.7 Å². The van der Waals surface area contributed by atoms with E-state index in [2.05, 4.69) is 10.6 Å². The van der Waals surface area contributed by atoms with Crippen LogP contribution in [0.3, 0.4) is 0 Å². The third kappa shape index (κ3) is 5.93. The van der Waals surface area contributed by atoms with Crippen LogP contribution in [0.15, 0.2) is 48.5 Å². The Morgan fingerprint density at radius 1 is 1.04 bits per heavy atom. The summed E-state index contributed by atoms with van der Waals surface area (Å²) in [4.78, 5) is 23.4. The van der Waals surface area contributed by atoms with E-state index in [9.17, 15) is 9.59 Å². The van der Waals surface area contributed by atoms with E-state index in [1.807, 2.05) is 0 Å². The molecule has 140 valence electrons. The highest BCUT2D eigenvalue weighted by Gasteiger charge is 2.05. The molecule has 0 fully saturated rings. The zero-order chi connectivity index (χ0) is 19.8. The van der Waals surface area contributed by atoms with Gasteiger partial charge in [-0.05, 0) is 55.0 Å². The molecule has 2 aromatic carbocycles. The van der Waals surface area contributed by atoms with E-state index in [-0.39, 0.29) is 16.8 Å². The number of ketones is 1. The van der Waals surface area contributed by atoms with Crippen molar-refractivity contribution in [2.75, 3.05) is 19.5 Å². The van der Waals surface area contributed by atoms with Gasteiger partial charge in [0.25, 0.3) is 0 Å². The second-order valence-corrected chi connectivity index (χ2v) is 5.94. The molecule has 2 N–H and O–H groups in total. The van der Waals surface area contributed by atoms with Crippen LogP contribution in [0.25, 0.3) is 6.08 Å². The number of benzene rings is 2. The lowest BCUT2D eigenvalue weighted by Gasteiger charge is -2.09. The molecule has 6 nitrogen and oxygen atoms in total. The number of thiocarbonyl (C=S) groups is 1. The molecular formula is C20H20N2O4S. The first-order valence-electron chi connectivity index (χ1n) is 8.06. The number of methoxy groups -OCH3 is 2. The highest BCUT2D eigenvalue weighted by molar-refractivity contribution is 7.80. The molecule has 0 aromatic heterocycles. The van der Waals surface area contributed by atoms with Crippen molar-refractivity contribution >= 4 is 40.8 Å². The van der Waals surface area contributed by atoms with E-state index >= 15 is 0 Å². The van der Waals surface area contributed by atoms with E-state index in [0.29, 0.717) is 22.7 Å². The average Bonchev–Trinajstić information content (AvgIpc) is 2.66. The number of nitrogens with one attached hydrogen (secondary N) is 2. The van der Waals surface area contributed by atoms with Gasteiger partial charge < -0.3 is 14.8 Å². The predicted octanol–water partition coefficient (Wildman–Crippen LogP) is 3.43. The van der Waals surface area contributed by atoms with Gasteiger partial charge >= 0.3 is 0 Å². The van der Waals surface area contributed by atoms with Crippen molar-refractivity contribution in [3.63, 3.8) is 0 Å². The number of anilines is 1. The first-order chi connectivity index (χ1) is 12.9. The van der Waals surface area contributed by atoms with Crippen molar-refractivity contribution in [3.05, 3.63) is 59.7 Å². The highest BCUT2D eigenvalue weighted by atomic mass is 32.1. The molecule has 2 rings (SSSR count). The van der Waals surface area contributed by atoms with E-state index < -0.39 is 0 Å². The largest absolute Gasteiger partial charge is 0.493 e. The minimum Gasteiger partial charge on any atom is -0.493 e. The molecule has 0 radical (unpaired) electrons. The van der Waals surface area contributed by atoms with Gasteiger partial charge in [-0.15, -0.1) is 0 Å². The molecule has 0 unspecified atom stereocenters. The predicted molar refractivity (Wildman–Crippen MR) is 109 cm³/mol. The first-order valence-corrected chi connectivity index (χ1v) is 8.47. The Bertz CT molecular complexity index is 893. The molecular weight excluding hydrogens is 364 g/mol. The molecule has 1 amide bonds. The number of hydrogen-bond acceptors (Lipinski definition) is 5. The van der Waals surface area contributed by atoms with Gasteiger partial charge in [0.2, 0.25) is 5.91 Å². The maximum Gasteiger partial charge on any atom is 0.250 e. The third-order valence-corrected chi connectivity index (χ3v) is 3.80. The SMILES string of the molecule is COc1ccc(C=CC(=O)NC(=S)Nc2cccc(C(C)=O)c2)cc1OC. The summed E-state index contributed by atoms with van der Waals surface area (Å²) in [6.07, 6.45) is 3.00. The summed E-state index contributed by atoms with van der Waals surface area (Å²) < 4.78 is 10.4. The number of amides is 1. The van der Waals surface area contributed by atoms with Crippen LogP contribution in [-0.4, -0.2) is 31.0 Å². The lowest BCUT2D eigenvalue weighted by Crippen LogP contribution is -2.32. The summed E-state index contributed by atoms with van der Waals surface area (Å²) in [7, 11) is 3.10. The standard InChI is InChI=1S/C20H20N2O4S/c1-13(23)15-5-4-6-16(12-15)21-20(27)22-19(24)10-8-14-7-9-17(25-2)18(11-14)26-3/h4-12H,1-3H3,(H2,21,22,24,27). The Morgan fingerprint density at radius 3 is 2.44 bits per heavy atom. The van der Waals surface area contributed by atoms with Gasteiger partial charge in [-0.2, -0.15) is 0 Å². The Morgan fingerprint density at radius 2 is 1.78 bits per heavy atom. The van der Waals surface area contributed by atoms with Crippen LogP contribution in [0.5, 0.6) is 11.5 Å². The zero-order valence-electron chi connectivity index (χ0n) is 15.2. The van der Waals surface area contributed by atoms with E-state index in [0.717, 1.165) is 5.56 Å². The van der Waals surface area contributed by atoms with Gasteiger partial charge in [0.05, 0.1) is 14.2 Å². The summed E-state index contributed by atoms with van der Waals surface area (Å²) in [5.41, 5.74) is 1.95. The quantitative estimate of drug-likeness (QED) is 0.451. The van der Waals surface area contributed by atoms with E-state index in [1.165, 1.54) is 13.0 Å². The molecule has 0 atom stereocenters. The molecule has 0 aliphatic rings. The Labute approximate surface area is 163 Å². The molecule has 0 bridgehead atoms. The Balaban J connectivity index is 1.97. The van der Waals surface area contributed by atoms with Gasteiger partial charge in [-0.3, -0.25) is 14.9 Å². The maximum atomic E-state index is 12.0. The summed E-state index contributed by atoms with van der Waals surface area (Å²) in [5, 5.41) is 5.57. The van der Waals surface area contributed by atoms with Crippen LogP contribution in [-0.2, 0) is 4.79 Å². The molecule has 0 heterocycles. The third-order valence-electron chi connectivity index (χ3n) is 3.60. The van der Waals surface area contributed by atoms with Crippen molar-refractivity contribution in [1.29, 1.82) is 0 Å². The normalized spacial score (nSPS) is 10.3. The highest BCUT2D eigenvalue weighted by Crippen LogP contribution is 2.27.